The monoisotopic (exact) mass is 493 g/mol. The fourth-order valence-corrected chi connectivity index (χ4v) is 4.45. The summed E-state index contributed by atoms with van der Waals surface area (Å²) < 4.78 is 26.7. The van der Waals surface area contributed by atoms with Crippen LogP contribution in [0.2, 0.25) is 15.1 Å². The summed E-state index contributed by atoms with van der Waals surface area (Å²) in [6.45, 7) is 1.97. The molecule has 7 heteroatoms. The highest BCUT2D eigenvalue weighted by Crippen LogP contribution is 2.39. The molecule has 0 spiro atoms. The van der Waals surface area contributed by atoms with Crippen LogP contribution in [-0.4, -0.2) is 19.2 Å². The maximum absolute atomic E-state index is 13.7. The van der Waals surface area contributed by atoms with Gasteiger partial charge in [0.25, 0.3) is 0 Å². The van der Waals surface area contributed by atoms with Crippen molar-refractivity contribution in [2.45, 2.75) is 31.3 Å². The fourth-order valence-electron chi connectivity index (χ4n) is 4.00. The molecule has 1 aliphatic rings. The van der Waals surface area contributed by atoms with E-state index in [1.807, 2.05) is 36.4 Å². The Bertz CT molecular complexity index is 1060. The molecule has 2 atom stereocenters. The van der Waals surface area contributed by atoms with Crippen molar-refractivity contribution in [2.24, 2.45) is 0 Å². The number of piperidine rings is 1. The largest absolute Gasteiger partial charge is 0.369 e. The van der Waals surface area contributed by atoms with Crippen molar-refractivity contribution in [1.82, 2.24) is 5.32 Å². The minimum absolute atomic E-state index is 0.257. The molecule has 168 valence electrons. The Labute approximate surface area is 202 Å². The van der Waals surface area contributed by atoms with E-state index in [2.05, 4.69) is 5.32 Å². The highest BCUT2D eigenvalue weighted by molar-refractivity contribution is 6.42. The first kappa shape index (κ1) is 23.5. The maximum atomic E-state index is 13.7. The summed E-state index contributed by atoms with van der Waals surface area (Å²) in [6, 6.07) is 19.5. The van der Waals surface area contributed by atoms with Crippen LogP contribution in [0.3, 0.4) is 0 Å². The van der Waals surface area contributed by atoms with Gasteiger partial charge in [-0.1, -0.05) is 65.1 Å². The van der Waals surface area contributed by atoms with Crippen LogP contribution in [0.15, 0.2) is 66.7 Å². The minimum atomic E-state index is -0.724. The van der Waals surface area contributed by atoms with Gasteiger partial charge < -0.3 is 14.8 Å². The Kier molecular flexibility index (Phi) is 7.72. The van der Waals surface area contributed by atoms with E-state index in [9.17, 15) is 4.39 Å². The third-order valence-corrected chi connectivity index (χ3v) is 6.67. The second-order valence-corrected chi connectivity index (χ2v) is 9.07. The molecule has 0 saturated carbocycles. The summed E-state index contributed by atoms with van der Waals surface area (Å²) in [4.78, 5) is 0. The lowest BCUT2D eigenvalue weighted by atomic mass is 9.82. The van der Waals surface area contributed by atoms with Gasteiger partial charge in [-0.2, -0.15) is 0 Å². The Balaban J connectivity index is 1.61. The Morgan fingerprint density at radius 2 is 1.69 bits per heavy atom. The zero-order valence-corrected chi connectivity index (χ0v) is 19.6. The average Bonchev–Trinajstić information content (AvgIpc) is 2.79. The van der Waals surface area contributed by atoms with Gasteiger partial charge in [-0.25, -0.2) is 4.39 Å². The van der Waals surface area contributed by atoms with Gasteiger partial charge in [0, 0.05) is 11.6 Å². The summed E-state index contributed by atoms with van der Waals surface area (Å²) in [7, 11) is 0. The first-order valence-electron chi connectivity index (χ1n) is 10.4. The van der Waals surface area contributed by atoms with E-state index in [0.717, 1.165) is 23.2 Å². The van der Waals surface area contributed by atoms with Crippen LogP contribution in [-0.2, 0) is 28.3 Å². The van der Waals surface area contributed by atoms with E-state index in [0.29, 0.717) is 34.6 Å². The highest BCUT2D eigenvalue weighted by atomic mass is 35.5. The summed E-state index contributed by atoms with van der Waals surface area (Å²) in [5, 5.41) is 5.04. The smallest absolute Gasteiger partial charge is 0.123 e. The van der Waals surface area contributed by atoms with E-state index in [1.165, 1.54) is 12.1 Å². The minimum Gasteiger partial charge on any atom is -0.369 e. The lowest BCUT2D eigenvalue weighted by Gasteiger charge is -2.44. The molecule has 3 aromatic rings. The topological polar surface area (TPSA) is 30.5 Å². The summed E-state index contributed by atoms with van der Waals surface area (Å²) in [5.74, 6) is -0.288. The molecule has 3 nitrogen and oxygen atoms in total. The Morgan fingerprint density at radius 3 is 2.44 bits per heavy atom. The van der Waals surface area contributed by atoms with E-state index < -0.39 is 5.60 Å². The fraction of sp³-hybridized carbons (Fsp3) is 0.280. The number of rotatable bonds is 7. The third-order valence-electron chi connectivity index (χ3n) is 5.68. The van der Waals surface area contributed by atoms with Crippen LogP contribution in [0.25, 0.3) is 0 Å². The van der Waals surface area contributed by atoms with Crippen LogP contribution >= 0.6 is 34.8 Å². The molecule has 0 amide bonds. The van der Waals surface area contributed by atoms with Crippen molar-refractivity contribution in [2.75, 3.05) is 13.1 Å². The Morgan fingerprint density at radius 1 is 0.906 bits per heavy atom. The standard InChI is InChI=1S/C25H23Cl3FNO2/c26-20-7-5-19(6-8-20)25(32-16-17-2-1-3-21(29)12-17)10-11-30-14-24(25)31-15-18-4-9-22(27)23(28)13-18/h1-9,12-13,24,30H,10-11,14-16H2/t24-,25-/m0/s1. The van der Waals surface area contributed by atoms with Gasteiger partial charge in [-0.3, -0.25) is 0 Å². The molecule has 1 heterocycles. The molecule has 4 rings (SSSR count). The predicted octanol–water partition coefficient (Wildman–Crippen LogP) is 6.78. The molecule has 1 aliphatic heterocycles. The van der Waals surface area contributed by atoms with Gasteiger partial charge in [0.05, 0.1) is 23.3 Å². The molecule has 0 aromatic heterocycles. The molecular formula is C25H23Cl3FNO2. The number of hydrogen-bond acceptors (Lipinski definition) is 3. The Hall–Kier alpha value is -1.66. The van der Waals surface area contributed by atoms with Gasteiger partial charge >= 0.3 is 0 Å². The number of ether oxygens (including phenoxy) is 2. The highest BCUT2D eigenvalue weighted by Gasteiger charge is 2.44. The molecule has 1 saturated heterocycles. The van der Waals surface area contributed by atoms with Crippen molar-refractivity contribution in [1.29, 1.82) is 0 Å². The van der Waals surface area contributed by atoms with Crippen molar-refractivity contribution in [3.05, 3.63) is 104 Å². The summed E-state index contributed by atoms with van der Waals surface area (Å²) in [6.07, 6.45) is 0.399. The molecule has 0 bridgehead atoms. The first-order chi connectivity index (χ1) is 15.5. The van der Waals surface area contributed by atoms with Crippen LogP contribution < -0.4 is 5.32 Å². The van der Waals surface area contributed by atoms with Crippen molar-refractivity contribution < 1.29 is 13.9 Å². The zero-order valence-electron chi connectivity index (χ0n) is 17.3. The molecule has 0 unspecified atom stereocenters. The predicted molar refractivity (Wildman–Crippen MR) is 127 cm³/mol. The molecule has 32 heavy (non-hydrogen) atoms. The second kappa shape index (κ2) is 10.5. The lowest BCUT2D eigenvalue weighted by molar-refractivity contribution is -0.176. The second-order valence-electron chi connectivity index (χ2n) is 7.82. The normalized spacial score (nSPS) is 20.9. The molecule has 0 radical (unpaired) electrons. The van der Waals surface area contributed by atoms with Crippen LogP contribution in [0, 0.1) is 5.82 Å². The van der Waals surface area contributed by atoms with Gasteiger partial charge in [-0.05, 0) is 66.1 Å². The molecule has 0 aliphatic carbocycles. The lowest BCUT2D eigenvalue weighted by Crippen LogP contribution is -2.54. The third kappa shape index (κ3) is 5.45. The average molecular weight is 495 g/mol. The van der Waals surface area contributed by atoms with E-state index >= 15 is 0 Å². The number of halogens is 4. The number of hydrogen-bond donors (Lipinski definition) is 1. The molecule has 3 aromatic carbocycles. The number of nitrogens with one attached hydrogen (secondary N) is 1. The van der Waals surface area contributed by atoms with Gasteiger partial charge in [0.15, 0.2) is 0 Å². The van der Waals surface area contributed by atoms with Gasteiger partial charge in [0.2, 0.25) is 0 Å². The van der Waals surface area contributed by atoms with Crippen molar-refractivity contribution >= 4 is 34.8 Å². The number of benzene rings is 3. The van der Waals surface area contributed by atoms with E-state index in [4.69, 9.17) is 44.3 Å². The molecular weight excluding hydrogens is 472 g/mol. The zero-order chi connectivity index (χ0) is 22.6. The van der Waals surface area contributed by atoms with Crippen LogP contribution in [0.4, 0.5) is 4.39 Å². The SMILES string of the molecule is Fc1cccc(CO[C@]2(c3ccc(Cl)cc3)CCNC[C@@H]2OCc2ccc(Cl)c(Cl)c2)c1. The maximum Gasteiger partial charge on any atom is 0.123 e. The van der Waals surface area contributed by atoms with E-state index in [1.54, 1.807) is 18.2 Å². The van der Waals surface area contributed by atoms with E-state index in [-0.39, 0.29) is 18.5 Å². The van der Waals surface area contributed by atoms with Gasteiger partial charge in [-0.15, -0.1) is 0 Å². The van der Waals surface area contributed by atoms with Crippen molar-refractivity contribution in [3.8, 4) is 0 Å². The first-order valence-corrected chi connectivity index (χ1v) is 11.5. The van der Waals surface area contributed by atoms with Gasteiger partial charge in [0.1, 0.15) is 17.5 Å². The molecule has 1 fully saturated rings. The van der Waals surface area contributed by atoms with Crippen LogP contribution in [0.1, 0.15) is 23.1 Å². The molecule has 1 N–H and O–H groups in total. The quantitative estimate of drug-likeness (QED) is 0.393. The van der Waals surface area contributed by atoms with Crippen LogP contribution in [0.5, 0.6) is 0 Å². The van der Waals surface area contributed by atoms with Crippen molar-refractivity contribution in [3.63, 3.8) is 0 Å². The summed E-state index contributed by atoms with van der Waals surface area (Å²) >= 11 is 18.3. The summed E-state index contributed by atoms with van der Waals surface area (Å²) in [5.41, 5.74) is 1.93.